The quantitative estimate of drug-likeness (QED) is 0.697. The first-order chi connectivity index (χ1) is 7.57. The summed E-state index contributed by atoms with van der Waals surface area (Å²) in [7, 11) is -2.17. The second kappa shape index (κ2) is 3.64. The Kier molecular flexibility index (Phi) is 2.43. The number of anilines is 1. The van der Waals surface area contributed by atoms with Crippen LogP contribution in [0.25, 0.3) is 0 Å². The Morgan fingerprint density at radius 1 is 1.31 bits per heavy atom. The second-order valence-corrected chi connectivity index (χ2v) is 5.14. The van der Waals surface area contributed by atoms with Crippen molar-refractivity contribution < 1.29 is 13.2 Å². The van der Waals surface area contributed by atoms with E-state index in [-0.39, 0.29) is 9.80 Å². The standard InChI is InChI=1S/C10H10N2O3S/c1-11-6-9-10(13)12-7-4-2-3-5-8(7)16(9,14)15/h2-6,11H,1H3,(H,12,13)/b9-6+. The molecule has 0 radical (unpaired) electrons. The summed E-state index contributed by atoms with van der Waals surface area (Å²) >= 11 is 0. The lowest BCUT2D eigenvalue weighted by molar-refractivity contribution is -0.112. The third-order valence-corrected chi connectivity index (χ3v) is 4.03. The van der Waals surface area contributed by atoms with Crippen molar-refractivity contribution in [3.8, 4) is 0 Å². The van der Waals surface area contributed by atoms with Gasteiger partial charge in [0.1, 0.15) is 0 Å². The van der Waals surface area contributed by atoms with Gasteiger partial charge in [-0.3, -0.25) is 4.79 Å². The normalized spacial score (nSPS) is 20.1. The minimum Gasteiger partial charge on any atom is -0.393 e. The molecule has 0 aromatic heterocycles. The van der Waals surface area contributed by atoms with Crippen LogP contribution in [0.2, 0.25) is 0 Å². The molecule has 16 heavy (non-hydrogen) atoms. The predicted molar refractivity (Wildman–Crippen MR) is 59.4 cm³/mol. The zero-order valence-corrected chi connectivity index (χ0v) is 9.34. The first-order valence-electron chi connectivity index (χ1n) is 4.60. The number of hydrogen-bond donors (Lipinski definition) is 2. The molecule has 0 spiro atoms. The summed E-state index contributed by atoms with van der Waals surface area (Å²) < 4.78 is 24.1. The van der Waals surface area contributed by atoms with E-state index in [9.17, 15) is 13.2 Å². The van der Waals surface area contributed by atoms with Gasteiger partial charge in [0.25, 0.3) is 5.91 Å². The van der Waals surface area contributed by atoms with Crippen molar-refractivity contribution in [2.75, 3.05) is 12.4 Å². The summed E-state index contributed by atoms with van der Waals surface area (Å²) in [4.78, 5) is 11.4. The Morgan fingerprint density at radius 2 is 2.00 bits per heavy atom. The molecule has 0 atom stereocenters. The number of rotatable bonds is 1. The number of amides is 1. The Balaban J connectivity index is 2.70. The Bertz CT molecular complexity index is 575. The average molecular weight is 238 g/mol. The van der Waals surface area contributed by atoms with Gasteiger partial charge in [-0.05, 0) is 12.1 Å². The van der Waals surface area contributed by atoms with E-state index in [1.807, 2.05) is 0 Å². The van der Waals surface area contributed by atoms with Crippen molar-refractivity contribution >= 4 is 21.4 Å². The molecule has 0 saturated carbocycles. The topological polar surface area (TPSA) is 75.3 Å². The van der Waals surface area contributed by atoms with Gasteiger partial charge in [-0.25, -0.2) is 8.42 Å². The number of nitrogens with one attached hydrogen (secondary N) is 2. The van der Waals surface area contributed by atoms with Crippen molar-refractivity contribution in [2.45, 2.75) is 4.90 Å². The van der Waals surface area contributed by atoms with Crippen LogP contribution in [0.15, 0.2) is 40.3 Å². The Hall–Kier alpha value is -1.82. The molecule has 1 aromatic rings. The van der Waals surface area contributed by atoms with Gasteiger partial charge in [0.15, 0.2) is 4.91 Å². The summed E-state index contributed by atoms with van der Waals surface area (Å²) in [6.07, 6.45) is 1.18. The van der Waals surface area contributed by atoms with Crippen LogP contribution in [-0.4, -0.2) is 21.4 Å². The predicted octanol–water partition coefficient (Wildman–Crippen LogP) is 0.473. The van der Waals surface area contributed by atoms with Crippen molar-refractivity contribution in [1.82, 2.24) is 5.32 Å². The number of carbonyl (C=O) groups is 1. The molecule has 0 saturated heterocycles. The van der Waals surface area contributed by atoms with E-state index in [2.05, 4.69) is 10.6 Å². The maximum Gasteiger partial charge on any atom is 0.269 e. The Morgan fingerprint density at radius 3 is 2.69 bits per heavy atom. The first kappa shape index (κ1) is 10.7. The van der Waals surface area contributed by atoms with E-state index in [0.29, 0.717) is 5.69 Å². The molecule has 84 valence electrons. The first-order valence-corrected chi connectivity index (χ1v) is 6.08. The number of para-hydroxylation sites is 1. The van der Waals surface area contributed by atoms with Gasteiger partial charge in [-0.15, -0.1) is 0 Å². The van der Waals surface area contributed by atoms with Crippen LogP contribution in [0.3, 0.4) is 0 Å². The second-order valence-electron chi connectivity index (χ2n) is 3.25. The molecule has 1 aliphatic rings. The van der Waals surface area contributed by atoms with E-state index in [4.69, 9.17) is 0 Å². The summed E-state index contributed by atoms with van der Waals surface area (Å²) in [5.41, 5.74) is 0.320. The van der Waals surface area contributed by atoms with Crippen LogP contribution in [0.5, 0.6) is 0 Å². The summed E-state index contributed by atoms with van der Waals surface area (Å²) in [5, 5.41) is 5.08. The lowest BCUT2D eigenvalue weighted by Crippen LogP contribution is -2.28. The molecule has 2 N–H and O–H groups in total. The smallest absolute Gasteiger partial charge is 0.269 e. The van der Waals surface area contributed by atoms with Gasteiger partial charge in [-0.1, -0.05) is 12.1 Å². The molecule has 1 aromatic carbocycles. The minimum absolute atomic E-state index is 0.121. The highest BCUT2D eigenvalue weighted by Gasteiger charge is 2.34. The monoisotopic (exact) mass is 238 g/mol. The minimum atomic E-state index is -3.71. The van der Waals surface area contributed by atoms with Crippen LogP contribution >= 0.6 is 0 Å². The molecule has 5 nitrogen and oxygen atoms in total. The summed E-state index contributed by atoms with van der Waals surface area (Å²) in [5.74, 6) is -0.618. The van der Waals surface area contributed by atoms with E-state index in [1.54, 1.807) is 18.2 Å². The maximum absolute atomic E-state index is 12.0. The maximum atomic E-state index is 12.0. The van der Waals surface area contributed by atoms with Gasteiger partial charge >= 0.3 is 0 Å². The molecule has 0 bridgehead atoms. The SMILES string of the molecule is CN/C=C1\C(=O)Nc2ccccc2S1(=O)=O. The van der Waals surface area contributed by atoms with E-state index >= 15 is 0 Å². The molecule has 1 aliphatic heterocycles. The number of benzene rings is 1. The molecule has 0 aliphatic carbocycles. The van der Waals surface area contributed by atoms with Crippen LogP contribution in [-0.2, 0) is 14.6 Å². The fourth-order valence-corrected chi connectivity index (χ4v) is 2.97. The third-order valence-electron chi connectivity index (χ3n) is 2.21. The number of sulfone groups is 1. The largest absolute Gasteiger partial charge is 0.393 e. The molecule has 1 heterocycles. The highest BCUT2D eigenvalue weighted by molar-refractivity contribution is 7.96. The molecule has 2 rings (SSSR count). The highest BCUT2D eigenvalue weighted by atomic mass is 32.2. The van der Waals surface area contributed by atoms with Crippen LogP contribution < -0.4 is 10.6 Å². The van der Waals surface area contributed by atoms with Gasteiger partial charge in [0.05, 0.1) is 10.6 Å². The third kappa shape index (κ3) is 1.47. The summed E-state index contributed by atoms with van der Waals surface area (Å²) in [6, 6.07) is 6.31. The van der Waals surface area contributed by atoms with Gasteiger partial charge in [0, 0.05) is 13.2 Å². The van der Waals surface area contributed by atoms with Crippen LogP contribution in [0.4, 0.5) is 5.69 Å². The van der Waals surface area contributed by atoms with Crippen molar-refractivity contribution in [2.24, 2.45) is 0 Å². The van der Waals surface area contributed by atoms with Crippen LogP contribution in [0.1, 0.15) is 0 Å². The average Bonchev–Trinajstić information content (AvgIpc) is 2.24. The number of fused-ring (bicyclic) bond motifs is 1. The lowest BCUT2D eigenvalue weighted by atomic mass is 10.3. The van der Waals surface area contributed by atoms with E-state index in [0.717, 1.165) is 0 Å². The molecule has 1 amide bonds. The van der Waals surface area contributed by atoms with Gasteiger partial charge in [0.2, 0.25) is 9.84 Å². The van der Waals surface area contributed by atoms with Crippen LogP contribution in [0, 0.1) is 0 Å². The van der Waals surface area contributed by atoms with E-state index in [1.165, 1.54) is 19.3 Å². The summed E-state index contributed by atoms with van der Waals surface area (Å²) in [6.45, 7) is 0. The van der Waals surface area contributed by atoms with Crippen molar-refractivity contribution in [3.63, 3.8) is 0 Å². The van der Waals surface area contributed by atoms with E-state index < -0.39 is 15.7 Å². The number of carbonyl (C=O) groups excluding carboxylic acids is 1. The van der Waals surface area contributed by atoms with Gasteiger partial charge in [-0.2, -0.15) is 0 Å². The number of hydrogen-bond acceptors (Lipinski definition) is 4. The zero-order chi connectivity index (χ0) is 11.8. The fourth-order valence-electron chi connectivity index (χ4n) is 1.50. The zero-order valence-electron chi connectivity index (χ0n) is 8.52. The molecular formula is C10H10N2O3S. The molecule has 0 unspecified atom stereocenters. The Labute approximate surface area is 93.1 Å². The fraction of sp³-hybridized carbons (Fsp3) is 0.100. The molecule has 0 fully saturated rings. The van der Waals surface area contributed by atoms with Gasteiger partial charge < -0.3 is 10.6 Å². The van der Waals surface area contributed by atoms with Crippen molar-refractivity contribution in [1.29, 1.82) is 0 Å². The molecule has 6 heteroatoms. The molecular weight excluding hydrogens is 228 g/mol. The lowest BCUT2D eigenvalue weighted by Gasteiger charge is -2.18. The highest BCUT2D eigenvalue weighted by Crippen LogP contribution is 2.31. The van der Waals surface area contributed by atoms with Crippen molar-refractivity contribution in [3.05, 3.63) is 35.4 Å².